The van der Waals surface area contributed by atoms with Gasteiger partial charge in [-0.25, -0.2) is 0 Å². The van der Waals surface area contributed by atoms with Gasteiger partial charge in [0.2, 0.25) is 5.91 Å². The number of nitrogens with one attached hydrogen (secondary N) is 1. The van der Waals surface area contributed by atoms with Gasteiger partial charge in [0.15, 0.2) is 11.0 Å². The molecule has 1 N–H and O–H groups in total. The van der Waals surface area contributed by atoms with Crippen molar-refractivity contribution in [3.63, 3.8) is 0 Å². The lowest BCUT2D eigenvalue weighted by molar-refractivity contribution is -0.127. The third kappa shape index (κ3) is 4.82. The van der Waals surface area contributed by atoms with Crippen LogP contribution in [0.3, 0.4) is 0 Å². The molecule has 3 aromatic rings. The van der Waals surface area contributed by atoms with Crippen molar-refractivity contribution in [2.75, 3.05) is 0 Å². The van der Waals surface area contributed by atoms with Gasteiger partial charge in [-0.15, -0.1) is 10.2 Å². The number of rotatable bonds is 7. The zero-order valence-electron chi connectivity index (χ0n) is 16.6. The molecule has 8 heteroatoms. The lowest BCUT2D eigenvalue weighted by atomic mass is 9.85. The first-order valence-electron chi connectivity index (χ1n) is 9.87. The van der Waals surface area contributed by atoms with E-state index >= 15 is 0 Å². The van der Waals surface area contributed by atoms with Gasteiger partial charge in [0.25, 0.3) is 0 Å². The number of aryl methyl sites for hydroxylation is 1. The van der Waals surface area contributed by atoms with Crippen LogP contribution in [0.4, 0.5) is 0 Å². The number of benzene rings is 2. The van der Waals surface area contributed by atoms with E-state index in [1.54, 1.807) is 30.0 Å². The summed E-state index contributed by atoms with van der Waals surface area (Å²) in [6, 6.07) is 13.7. The number of carbonyl (C=O) groups excluding carboxylic acids is 1. The molecule has 1 aliphatic carbocycles. The number of halogens is 2. The van der Waals surface area contributed by atoms with Gasteiger partial charge in [-0.1, -0.05) is 71.2 Å². The zero-order chi connectivity index (χ0) is 21.1. The largest absolute Gasteiger partial charge is 0.349 e. The number of amides is 1. The molecule has 4 rings (SSSR count). The Hall–Kier alpha value is -2.02. The molecule has 5 nitrogen and oxygen atoms in total. The number of hydrogen-bond donors (Lipinski definition) is 1. The van der Waals surface area contributed by atoms with Crippen molar-refractivity contribution in [2.24, 2.45) is 5.92 Å². The third-order valence-electron chi connectivity index (χ3n) is 5.20. The van der Waals surface area contributed by atoms with Gasteiger partial charge >= 0.3 is 0 Å². The maximum Gasteiger partial charge on any atom is 0.223 e. The maximum atomic E-state index is 12.3. The van der Waals surface area contributed by atoms with Crippen LogP contribution in [0.5, 0.6) is 0 Å². The summed E-state index contributed by atoms with van der Waals surface area (Å²) in [6.07, 6.45) is 3.03. The molecule has 1 aromatic heterocycles. The highest BCUT2D eigenvalue weighted by atomic mass is 35.5. The van der Waals surface area contributed by atoms with Crippen LogP contribution in [-0.2, 0) is 17.1 Å². The highest BCUT2D eigenvalue weighted by molar-refractivity contribution is 7.98. The Labute approximate surface area is 190 Å². The first kappa shape index (κ1) is 21.2. The molecule has 0 unspecified atom stereocenters. The van der Waals surface area contributed by atoms with Crippen molar-refractivity contribution >= 4 is 40.9 Å². The topological polar surface area (TPSA) is 59.8 Å². The number of carbonyl (C=O) groups is 1. The van der Waals surface area contributed by atoms with Crippen LogP contribution in [0.1, 0.15) is 36.2 Å². The number of nitrogens with zero attached hydrogens (tertiary/aromatic N) is 3. The Morgan fingerprint density at radius 3 is 2.77 bits per heavy atom. The molecule has 0 bridgehead atoms. The minimum Gasteiger partial charge on any atom is -0.349 e. The van der Waals surface area contributed by atoms with E-state index in [2.05, 4.69) is 40.6 Å². The van der Waals surface area contributed by atoms with Gasteiger partial charge in [-0.3, -0.25) is 9.36 Å². The van der Waals surface area contributed by atoms with E-state index in [1.165, 1.54) is 11.1 Å². The first-order chi connectivity index (χ1) is 14.5. The van der Waals surface area contributed by atoms with Gasteiger partial charge in [0.05, 0.1) is 17.3 Å². The molecule has 156 valence electrons. The summed E-state index contributed by atoms with van der Waals surface area (Å²) in [5, 5.41) is 13.5. The summed E-state index contributed by atoms with van der Waals surface area (Å²) in [5.41, 5.74) is 3.12. The molecule has 0 aliphatic heterocycles. The quantitative estimate of drug-likeness (QED) is 0.466. The highest BCUT2D eigenvalue weighted by Gasteiger charge is 2.26. The monoisotopic (exact) mass is 460 g/mol. The van der Waals surface area contributed by atoms with Crippen LogP contribution in [0.2, 0.25) is 10.0 Å². The van der Waals surface area contributed by atoms with E-state index in [0.717, 1.165) is 25.0 Å². The zero-order valence-corrected chi connectivity index (χ0v) is 18.9. The van der Waals surface area contributed by atoms with Gasteiger partial charge in [-0.2, -0.15) is 0 Å². The summed E-state index contributed by atoms with van der Waals surface area (Å²) in [5.74, 6) is 1.55. The van der Waals surface area contributed by atoms with Crippen LogP contribution >= 0.6 is 35.0 Å². The molecule has 1 amide bonds. The average Bonchev–Trinajstić information content (AvgIpc) is 3.08. The lowest BCUT2D eigenvalue weighted by Gasteiger charge is -2.24. The molecule has 1 heterocycles. The second-order valence-electron chi connectivity index (χ2n) is 7.45. The van der Waals surface area contributed by atoms with Crippen molar-refractivity contribution in [3.05, 3.63) is 69.5 Å². The fraction of sp³-hybridized carbons (Fsp3) is 0.318. The molecule has 1 fully saturated rings. The van der Waals surface area contributed by atoms with E-state index < -0.39 is 0 Å². The first-order valence-corrected chi connectivity index (χ1v) is 11.6. The Morgan fingerprint density at radius 1 is 1.20 bits per heavy atom. The molecule has 0 atom stereocenters. The van der Waals surface area contributed by atoms with Crippen LogP contribution in [-0.4, -0.2) is 20.7 Å². The molecule has 0 saturated heterocycles. The van der Waals surface area contributed by atoms with Crippen molar-refractivity contribution in [2.45, 2.75) is 43.6 Å². The Morgan fingerprint density at radius 2 is 2.03 bits per heavy atom. The fourth-order valence-electron chi connectivity index (χ4n) is 3.34. The SMILES string of the molecule is Cc1cccc(CSc2nnc(CNC(=O)C3CCC3)n2-c2cc(Cl)ccc2Cl)c1. The van der Waals surface area contributed by atoms with Gasteiger partial charge < -0.3 is 5.32 Å². The van der Waals surface area contributed by atoms with Gasteiger partial charge in [0.1, 0.15) is 0 Å². The predicted octanol–water partition coefficient (Wildman–Crippen LogP) is 5.59. The minimum absolute atomic E-state index is 0.0713. The Balaban J connectivity index is 1.61. The van der Waals surface area contributed by atoms with E-state index in [1.807, 2.05) is 10.6 Å². The summed E-state index contributed by atoms with van der Waals surface area (Å²) >= 11 is 14.3. The third-order valence-corrected chi connectivity index (χ3v) is 6.75. The van der Waals surface area contributed by atoms with Gasteiger partial charge in [-0.05, 0) is 43.5 Å². The summed E-state index contributed by atoms with van der Waals surface area (Å²) in [7, 11) is 0. The second-order valence-corrected chi connectivity index (χ2v) is 9.24. The van der Waals surface area contributed by atoms with E-state index in [4.69, 9.17) is 23.2 Å². The van der Waals surface area contributed by atoms with Crippen molar-refractivity contribution in [1.29, 1.82) is 0 Å². The van der Waals surface area contributed by atoms with E-state index in [9.17, 15) is 4.79 Å². The predicted molar refractivity (Wildman–Crippen MR) is 121 cm³/mol. The van der Waals surface area contributed by atoms with Crippen molar-refractivity contribution in [1.82, 2.24) is 20.1 Å². The van der Waals surface area contributed by atoms with Crippen LogP contribution in [0.25, 0.3) is 5.69 Å². The molecular formula is C22H22Cl2N4OS. The Kier molecular flexibility index (Phi) is 6.66. The number of thioether (sulfide) groups is 1. The molecule has 1 saturated carbocycles. The Bertz CT molecular complexity index is 1070. The summed E-state index contributed by atoms with van der Waals surface area (Å²) in [6.45, 7) is 2.36. The second kappa shape index (κ2) is 9.41. The molecule has 1 aliphatic rings. The highest BCUT2D eigenvalue weighted by Crippen LogP contribution is 2.31. The van der Waals surface area contributed by atoms with E-state index in [0.29, 0.717) is 26.7 Å². The van der Waals surface area contributed by atoms with Crippen molar-refractivity contribution < 1.29 is 4.79 Å². The average molecular weight is 461 g/mol. The summed E-state index contributed by atoms with van der Waals surface area (Å²) in [4.78, 5) is 12.3. The van der Waals surface area contributed by atoms with Crippen LogP contribution in [0, 0.1) is 12.8 Å². The molecule has 2 aromatic carbocycles. The fourth-order valence-corrected chi connectivity index (χ4v) is 4.61. The molecular weight excluding hydrogens is 439 g/mol. The molecule has 30 heavy (non-hydrogen) atoms. The number of aromatic nitrogens is 3. The number of hydrogen-bond acceptors (Lipinski definition) is 4. The van der Waals surface area contributed by atoms with Crippen LogP contribution < -0.4 is 5.32 Å². The minimum atomic E-state index is 0.0713. The van der Waals surface area contributed by atoms with Crippen LogP contribution in [0.15, 0.2) is 47.6 Å². The van der Waals surface area contributed by atoms with E-state index in [-0.39, 0.29) is 18.4 Å². The van der Waals surface area contributed by atoms with Gasteiger partial charge in [0, 0.05) is 16.7 Å². The normalized spacial score (nSPS) is 13.8. The molecule has 0 radical (unpaired) electrons. The summed E-state index contributed by atoms with van der Waals surface area (Å²) < 4.78 is 1.88. The van der Waals surface area contributed by atoms with Crippen molar-refractivity contribution in [3.8, 4) is 5.69 Å². The smallest absolute Gasteiger partial charge is 0.223 e. The molecule has 0 spiro atoms. The lowest BCUT2D eigenvalue weighted by Crippen LogP contribution is -2.34. The maximum absolute atomic E-state index is 12.3. The standard InChI is InChI=1S/C22H22Cl2N4OS/c1-14-4-2-5-15(10-14)13-30-22-27-26-20(12-25-21(29)16-6-3-7-16)28(22)19-11-17(23)8-9-18(19)24/h2,4-5,8-11,16H,3,6-7,12-13H2,1H3,(H,25,29).